The quantitative estimate of drug-likeness (QED) is 0.498. The highest BCUT2D eigenvalue weighted by Gasteiger charge is 2.45. The van der Waals surface area contributed by atoms with Gasteiger partial charge in [-0.1, -0.05) is 44.2 Å². The Morgan fingerprint density at radius 3 is 2.44 bits per heavy atom. The number of anilines is 1. The van der Waals surface area contributed by atoms with Gasteiger partial charge in [0.25, 0.3) is 11.8 Å². The smallest absolute Gasteiger partial charge is 0.257 e. The Morgan fingerprint density at radius 2 is 1.81 bits per heavy atom. The van der Waals surface area contributed by atoms with Crippen molar-refractivity contribution in [1.29, 1.82) is 0 Å². The molecule has 1 atom stereocenters. The van der Waals surface area contributed by atoms with Gasteiger partial charge in [-0.05, 0) is 47.2 Å². The molecular weight excluding hydrogens is 427 g/mol. The molecule has 1 aliphatic rings. The average Bonchev–Trinajstić information content (AvgIpc) is 3.39. The molecule has 4 rings (SSSR count). The molecule has 0 radical (unpaired) electrons. The zero-order chi connectivity index (χ0) is 22.8. The molecule has 3 aromatic rings. The van der Waals surface area contributed by atoms with Gasteiger partial charge in [0.2, 0.25) is 5.91 Å². The van der Waals surface area contributed by atoms with Crippen molar-refractivity contribution < 1.29 is 18.8 Å². The first-order valence-corrected chi connectivity index (χ1v) is 11.3. The Kier molecular flexibility index (Phi) is 6.19. The van der Waals surface area contributed by atoms with E-state index < -0.39 is 23.7 Å². The molecule has 0 bridgehead atoms. The molecule has 0 N–H and O–H groups in total. The number of imide groups is 1. The molecule has 2 heterocycles. The summed E-state index contributed by atoms with van der Waals surface area (Å²) in [5, 5.41) is 1.87. The lowest BCUT2D eigenvalue weighted by molar-refractivity contribution is -0.122. The molecule has 0 aliphatic carbocycles. The number of nitrogens with zero attached hydrogens (tertiary/aromatic N) is 2. The topological polar surface area (TPSA) is 57.7 Å². The predicted octanol–water partition coefficient (Wildman–Crippen LogP) is 4.99. The SMILES string of the molecule is CC(C)c1ccc(N2C(=O)CC(N(Cc3cccs3)C(=O)c3ccccc3F)C2=O)cc1. The molecule has 1 aliphatic heterocycles. The van der Waals surface area contributed by atoms with E-state index in [0.29, 0.717) is 11.6 Å². The Bertz CT molecular complexity index is 1140. The highest BCUT2D eigenvalue weighted by atomic mass is 32.1. The molecule has 1 fully saturated rings. The maximum absolute atomic E-state index is 14.4. The molecule has 1 aromatic heterocycles. The van der Waals surface area contributed by atoms with Gasteiger partial charge in [-0.25, -0.2) is 9.29 Å². The predicted molar refractivity (Wildman–Crippen MR) is 122 cm³/mol. The summed E-state index contributed by atoms with van der Waals surface area (Å²) >= 11 is 1.43. The summed E-state index contributed by atoms with van der Waals surface area (Å²) in [6.45, 7) is 4.25. The Hall–Kier alpha value is -3.32. The van der Waals surface area contributed by atoms with E-state index in [0.717, 1.165) is 15.3 Å². The van der Waals surface area contributed by atoms with Crippen LogP contribution in [0.3, 0.4) is 0 Å². The van der Waals surface area contributed by atoms with Crippen molar-refractivity contribution in [1.82, 2.24) is 4.90 Å². The summed E-state index contributed by atoms with van der Waals surface area (Å²) in [5.74, 6) is -1.81. The van der Waals surface area contributed by atoms with Crippen molar-refractivity contribution in [3.05, 3.63) is 87.9 Å². The fourth-order valence-corrected chi connectivity index (χ4v) is 4.52. The number of halogens is 1. The normalized spacial score (nSPS) is 16.1. The lowest BCUT2D eigenvalue weighted by Crippen LogP contribution is -2.45. The van der Waals surface area contributed by atoms with E-state index in [1.807, 2.05) is 29.6 Å². The number of thiophene rings is 1. The van der Waals surface area contributed by atoms with Crippen LogP contribution in [0, 0.1) is 5.82 Å². The number of amides is 3. The summed E-state index contributed by atoms with van der Waals surface area (Å²) < 4.78 is 14.4. The third kappa shape index (κ3) is 4.21. The van der Waals surface area contributed by atoms with Crippen molar-refractivity contribution in [3.8, 4) is 0 Å². The van der Waals surface area contributed by atoms with E-state index in [9.17, 15) is 18.8 Å². The summed E-state index contributed by atoms with van der Waals surface area (Å²) in [6, 6.07) is 15.6. The van der Waals surface area contributed by atoms with E-state index in [2.05, 4.69) is 13.8 Å². The molecule has 0 spiro atoms. The molecule has 164 valence electrons. The highest BCUT2D eigenvalue weighted by molar-refractivity contribution is 7.09. The van der Waals surface area contributed by atoms with Gasteiger partial charge in [-0.3, -0.25) is 14.4 Å². The first-order valence-electron chi connectivity index (χ1n) is 10.4. The van der Waals surface area contributed by atoms with Crippen molar-refractivity contribution in [2.24, 2.45) is 0 Å². The highest BCUT2D eigenvalue weighted by Crippen LogP contribution is 2.30. The molecule has 32 heavy (non-hydrogen) atoms. The van der Waals surface area contributed by atoms with Crippen LogP contribution < -0.4 is 4.90 Å². The first kappa shape index (κ1) is 21.9. The van der Waals surface area contributed by atoms with Crippen LogP contribution in [-0.2, 0) is 16.1 Å². The zero-order valence-corrected chi connectivity index (χ0v) is 18.6. The number of hydrogen-bond acceptors (Lipinski definition) is 4. The number of carbonyl (C=O) groups is 3. The number of benzene rings is 2. The van der Waals surface area contributed by atoms with Crippen LogP contribution >= 0.6 is 11.3 Å². The Balaban J connectivity index is 1.66. The van der Waals surface area contributed by atoms with Crippen LogP contribution in [0.5, 0.6) is 0 Å². The number of hydrogen-bond donors (Lipinski definition) is 0. The zero-order valence-electron chi connectivity index (χ0n) is 17.8. The van der Waals surface area contributed by atoms with Gasteiger partial charge in [0.05, 0.1) is 24.2 Å². The minimum Gasteiger partial charge on any atom is -0.321 e. The minimum atomic E-state index is -0.999. The van der Waals surface area contributed by atoms with Gasteiger partial charge >= 0.3 is 0 Å². The number of rotatable bonds is 6. The van der Waals surface area contributed by atoms with Crippen LogP contribution in [0.4, 0.5) is 10.1 Å². The van der Waals surface area contributed by atoms with Gasteiger partial charge in [0.15, 0.2) is 0 Å². The van der Waals surface area contributed by atoms with Crippen molar-refractivity contribution in [2.45, 2.75) is 38.8 Å². The lowest BCUT2D eigenvalue weighted by atomic mass is 10.0. The van der Waals surface area contributed by atoms with Crippen LogP contribution in [0.1, 0.15) is 47.0 Å². The van der Waals surface area contributed by atoms with Crippen molar-refractivity contribution in [3.63, 3.8) is 0 Å². The maximum Gasteiger partial charge on any atom is 0.257 e. The van der Waals surface area contributed by atoms with Gasteiger partial charge in [0, 0.05) is 4.88 Å². The Morgan fingerprint density at radius 1 is 1.09 bits per heavy atom. The second-order valence-electron chi connectivity index (χ2n) is 8.03. The van der Waals surface area contributed by atoms with Gasteiger partial charge in [0.1, 0.15) is 11.9 Å². The van der Waals surface area contributed by atoms with E-state index in [-0.39, 0.29) is 24.4 Å². The molecule has 0 saturated carbocycles. The second kappa shape index (κ2) is 9.04. The summed E-state index contributed by atoms with van der Waals surface area (Å²) in [4.78, 5) is 42.8. The van der Waals surface area contributed by atoms with Crippen LogP contribution in [0.2, 0.25) is 0 Å². The molecule has 2 aromatic carbocycles. The third-order valence-corrected chi connectivity index (χ3v) is 6.45. The largest absolute Gasteiger partial charge is 0.321 e. The van der Waals surface area contributed by atoms with E-state index in [1.165, 1.54) is 34.4 Å². The standard InChI is InChI=1S/C25H23FN2O3S/c1-16(2)17-9-11-18(12-10-17)28-23(29)14-22(25(28)31)27(15-19-6-5-13-32-19)24(30)20-7-3-4-8-21(20)26/h3-13,16,22H,14-15H2,1-2H3. The van der Waals surface area contributed by atoms with E-state index in [4.69, 9.17) is 0 Å². The maximum atomic E-state index is 14.4. The van der Waals surface area contributed by atoms with Crippen molar-refractivity contribution in [2.75, 3.05) is 4.90 Å². The van der Waals surface area contributed by atoms with Gasteiger partial charge in [-0.2, -0.15) is 0 Å². The summed E-state index contributed by atoms with van der Waals surface area (Å²) in [5.41, 5.74) is 1.45. The molecule has 7 heteroatoms. The monoisotopic (exact) mass is 450 g/mol. The molecule has 1 unspecified atom stereocenters. The van der Waals surface area contributed by atoms with Crippen molar-refractivity contribution >= 4 is 34.7 Å². The molecule has 1 saturated heterocycles. The first-order chi connectivity index (χ1) is 15.4. The summed E-state index contributed by atoms with van der Waals surface area (Å²) in [6.07, 6.45) is -0.143. The van der Waals surface area contributed by atoms with Crippen LogP contribution in [0.25, 0.3) is 0 Å². The molecule has 5 nitrogen and oxygen atoms in total. The van der Waals surface area contributed by atoms with Gasteiger partial charge < -0.3 is 4.90 Å². The lowest BCUT2D eigenvalue weighted by Gasteiger charge is -2.27. The Labute approximate surface area is 190 Å². The van der Waals surface area contributed by atoms with Crippen LogP contribution in [-0.4, -0.2) is 28.7 Å². The van der Waals surface area contributed by atoms with E-state index in [1.54, 1.807) is 18.2 Å². The fourth-order valence-electron chi connectivity index (χ4n) is 3.82. The average molecular weight is 451 g/mol. The minimum absolute atomic E-state index is 0.120. The second-order valence-corrected chi connectivity index (χ2v) is 9.06. The van der Waals surface area contributed by atoms with E-state index >= 15 is 0 Å². The summed E-state index contributed by atoms with van der Waals surface area (Å²) in [7, 11) is 0. The molecule has 3 amide bonds. The fraction of sp³-hybridized carbons (Fsp3) is 0.240. The third-order valence-electron chi connectivity index (χ3n) is 5.59. The van der Waals surface area contributed by atoms with Gasteiger partial charge in [-0.15, -0.1) is 11.3 Å². The number of carbonyl (C=O) groups excluding carboxylic acids is 3. The van der Waals surface area contributed by atoms with Crippen LogP contribution in [0.15, 0.2) is 66.0 Å². The molecular formula is C25H23FN2O3S.